The Labute approximate surface area is 132 Å². The van der Waals surface area contributed by atoms with Gasteiger partial charge >= 0.3 is 6.18 Å². The standard InChI is InChI=1S/C15H18ClF3N2O/c1-10(21-7-3-2-4-8-21)14(22)20-13-9-11(15(17,18)19)5-6-12(13)16/h5-6,9-10H,2-4,7-8H2,1H3,(H,20,22)/p+1/t10-/m1/s1. The molecule has 0 bridgehead atoms. The largest absolute Gasteiger partial charge is 0.416 e. The molecule has 3 nitrogen and oxygen atoms in total. The van der Waals surface area contributed by atoms with Crippen molar-refractivity contribution in [3.63, 3.8) is 0 Å². The van der Waals surface area contributed by atoms with Crippen molar-refractivity contribution < 1.29 is 22.9 Å². The van der Waals surface area contributed by atoms with Gasteiger partial charge < -0.3 is 10.2 Å². The summed E-state index contributed by atoms with van der Waals surface area (Å²) in [5.74, 6) is -0.307. The van der Waals surface area contributed by atoms with E-state index in [9.17, 15) is 18.0 Å². The van der Waals surface area contributed by atoms with Crippen molar-refractivity contribution >= 4 is 23.2 Å². The predicted octanol–water partition coefficient (Wildman–Crippen LogP) is 2.75. The van der Waals surface area contributed by atoms with Gasteiger partial charge in [-0.1, -0.05) is 11.6 Å². The van der Waals surface area contributed by atoms with Crippen LogP contribution in [-0.4, -0.2) is 25.0 Å². The van der Waals surface area contributed by atoms with Crippen LogP contribution >= 0.6 is 11.6 Å². The Morgan fingerprint density at radius 2 is 1.91 bits per heavy atom. The first kappa shape index (κ1) is 17.1. The molecule has 1 aromatic rings. The van der Waals surface area contributed by atoms with E-state index in [1.54, 1.807) is 6.92 Å². The van der Waals surface area contributed by atoms with Crippen LogP contribution < -0.4 is 10.2 Å². The number of anilines is 1. The molecule has 0 aromatic heterocycles. The van der Waals surface area contributed by atoms with Crippen LogP contribution in [0, 0.1) is 0 Å². The summed E-state index contributed by atoms with van der Waals surface area (Å²) >= 11 is 5.89. The summed E-state index contributed by atoms with van der Waals surface area (Å²) in [5.41, 5.74) is -0.824. The minimum Gasteiger partial charge on any atom is -0.325 e. The van der Waals surface area contributed by atoms with Gasteiger partial charge in [0.1, 0.15) is 0 Å². The first-order valence-electron chi connectivity index (χ1n) is 7.31. The fraction of sp³-hybridized carbons (Fsp3) is 0.533. The fourth-order valence-electron chi connectivity index (χ4n) is 2.66. The maximum absolute atomic E-state index is 12.7. The van der Waals surface area contributed by atoms with Crippen LogP contribution in [0.15, 0.2) is 18.2 Å². The van der Waals surface area contributed by atoms with E-state index in [1.165, 1.54) is 0 Å². The lowest BCUT2D eigenvalue weighted by Crippen LogP contribution is -3.17. The monoisotopic (exact) mass is 335 g/mol. The van der Waals surface area contributed by atoms with Crippen molar-refractivity contribution in [3.8, 4) is 0 Å². The number of hydrogen-bond acceptors (Lipinski definition) is 1. The minimum absolute atomic E-state index is 0.00440. The number of amides is 1. The van der Waals surface area contributed by atoms with Crippen LogP contribution in [0.4, 0.5) is 18.9 Å². The first-order chi connectivity index (χ1) is 10.3. The molecule has 1 aliphatic rings. The van der Waals surface area contributed by atoms with Gasteiger partial charge in [0.05, 0.1) is 29.4 Å². The molecule has 1 amide bonds. The molecule has 122 valence electrons. The Morgan fingerprint density at radius 3 is 2.50 bits per heavy atom. The number of quaternary nitrogens is 1. The van der Waals surface area contributed by atoms with Crippen molar-refractivity contribution in [1.82, 2.24) is 0 Å². The summed E-state index contributed by atoms with van der Waals surface area (Å²) < 4.78 is 38.2. The second-order valence-electron chi connectivity index (χ2n) is 5.62. The minimum atomic E-state index is -4.46. The van der Waals surface area contributed by atoms with Gasteiger partial charge in [-0.05, 0) is 44.4 Å². The number of carbonyl (C=O) groups is 1. The third-order valence-electron chi connectivity index (χ3n) is 4.05. The first-order valence-corrected chi connectivity index (χ1v) is 7.69. The van der Waals surface area contributed by atoms with Crippen molar-refractivity contribution in [1.29, 1.82) is 0 Å². The molecular weight excluding hydrogens is 317 g/mol. The number of likely N-dealkylation sites (tertiary alicyclic amines) is 1. The lowest BCUT2D eigenvalue weighted by molar-refractivity contribution is -0.918. The van der Waals surface area contributed by atoms with Gasteiger partial charge in [-0.3, -0.25) is 4.79 Å². The predicted molar refractivity (Wildman–Crippen MR) is 79.1 cm³/mol. The maximum Gasteiger partial charge on any atom is 0.416 e. The summed E-state index contributed by atoms with van der Waals surface area (Å²) in [4.78, 5) is 13.4. The second-order valence-corrected chi connectivity index (χ2v) is 6.03. The summed E-state index contributed by atoms with van der Waals surface area (Å²) in [7, 11) is 0. The molecule has 0 saturated carbocycles. The highest BCUT2D eigenvalue weighted by molar-refractivity contribution is 6.33. The van der Waals surface area contributed by atoms with E-state index in [2.05, 4.69) is 5.32 Å². The maximum atomic E-state index is 12.7. The van der Waals surface area contributed by atoms with E-state index in [-0.39, 0.29) is 22.7 Å². The van der Waals surface area contributed by atoms with Gasteiger partial charge in [-0.2, -0.15) is 13.2 Å². The summed E-state index contributed by atoms with van der Waals surface area (Å²) in [6.45, 7) is 3.60. The molecule has 0 spiro atoms. The number of alkyl halides is 3. The van der Waals surface area contributed by atoms with E-state index in [1.807, 2.05) is 0 Å². The normalized spacial score (nSPS) is 18.0. The Kier molecular flexibility index (Phi) is 5.34. The second kappa shape index (κ2) is 6.87. The highest BCUT2D eigenvalue weighted by Crippen LogP contribution is 2.33. The summed E-state index contributed by atoms with van der Waals surface area (Å²) in [5, 5.41) is 2.63. The lowest BCUT2D eigenvalue weighted by Gasteiger charge is -2.28. The molecule has 22 heavy (non-hydrogen) atoms. The SMILES string of the molecule is C[C@H](C(=O)Nc1cc(C(F)(F)F)ccc1Cl)[NH+]1CCCCC1. The number of nitrogens with one attached hydrogen (secondary N) is 2. The van der Waals surface area contributed by atoms with Gasteiger partial charge in [-0.25, -0.2) is 0 Å². The van der Waals surface area contributed by atoms with Crippen molar-refractivity contribution in [2.24, 2.45) is 0 Å². The van der Waals surface area contributed by atoms with E-state index in [4.69, 9.17) is 11.6 Å². The Bertz CT molecular complexity index is 542. The highest BCUT2D eigenvalue weighted by atomic mass is 35.5. The van der Waals surface area contributed by atoms with Crippen molar-refractivity contribution in [2.75, 3.05) is 18.4 Å². The topological polar surface area (TPSA) is 33.5 Å². The van der Waals surface area contributed by atoms with E-state index in [0.717, 1.165) is 55.5 Å². The number of benzene rings is 1. The molecule has 1 atom stereocenters. The van der Waals surface area contributed by atoms with Crippen molar-refractivity contribution in [3.05, 3.63) is 28.8 Å². The Morgan fingerprint density at radius 1 is 1.27 bits per heavy atom. The van der Waals surface area contributed by atoms with Gasteiger partial charge in [0.2, 0.25) is 0 Å². The summed E-state index contributed by atoms with van der Waals surface area (Å²) in [6, 6.07) is 2.61. The van der Waals surface area contributed by atoms with Crippen LogP contribution in [-0.2, 0) is 11.0 Å². The molecule has 0 aliphatic carbocycles. The molecule has 1 heterocycles. The van der Waals surface area contributed by atoms with E-state index < -0.39 is 11.7 Å². The molecule has 0 radical (unpaired) electrons. The molecule has 1 saturated heterocycles. The average Bonchev–Trinajstić information content (AvgIpc) is 2.48. The van der Waals surface area contributed by atoms with Crippen LogP contribution in [0.3, 0.4) is 0 Å². The fourth-order valence-corrected chi connectivity index (χ4v) is 2.83. The number of halogens is 4. The van der Waals surface area contributed by atoms with Crippen LogP contribution in [0.2, 0.25) is 5.02 Å². The number of carbonyl (C=O) groups excluding carboxylic acids is 1. The van der Waals surface area contributed by atoms with Gasteiger partial charge in [0.15, 0.2) is 6.04 Å². The Hall–Kier alpha value is -1.27. The number of hydrogen-bond donors (Lipinski definition) is 2. The van der Waals surface area contributed by atoms with E-state index in [0.29, 0.717) is 0 Å². The lowest BCUT2D eigenvalue weighted by atomic mass is 10.1. The third-order valence-corrected chi connectivity index (χ3v) is 4.38. The van der Waals surface area contributed by atoms with Gasteiger partial charge in [-0.15, -0.1) is 0 Å². The quantitative estimate of drug-likeness (QED) is 0.875. The van der Waals surface area contributed by atoms with E-state index >= 15 is 0 Å². The zero-order valence-corrected chi connectivity index (χ0v) is 13.0. The summed E-state index contributed by atoms with van der Waals surface area (Å²) in [6.07, 6.45) is -1.17. The third kappa shape index (κ3) is 4.14. The molecule has 1 fully saturated rings. The molecular formula is C15H19ClF3N2O+. The smallest absolute Gasteiger partial charge is 0.325 e. The molecule has 1 aromatic carbocycles. The van der Waals surface area contributed by atoms with Crippen LogP contribution in [0.25, 0.3) is 0 Å². The average molecular weight is 336 g/mol. The van der Waals surface area contributed by atoms with Gasteiger partial charge in [0, 0.05) is 0 Å². The Balaban J connectivity index is 2.10. The highest BCUT2D eigenvalue weighted by Gasteiger charge is 2.32. The number of piperidine rings is 1. The zero-order valence-electron chi connectivity index (χ0n) is 12.3. The van der Waals surface area contributed by atoms with Crippen LogP contribution in [0.1, 0.15) is 31.7 Å². The zero-order chi connectivity index (χ0) is 16.3. The van der Waals surface area contributed by atoms with Crippen molar-refractivity contribution in [2.45, 2.75) is 38.4 Å². The molecule has 1 aliphatic heterocycles. The molecule has 0 unspecified atom stereocenters. The molecule has 2 rings (SSSR count). The van der Waals surface area contributed by atoms with Gasteiger partial charge in [0.25, 0.3) is 5.91 Å². The number of rotatable bonds is 3. The molecule has 7 heteroatoms. The molecule has 2 N–H and O–H groups in total. The van der Waals surface area contributed by atoms with Crippen LogP contribution in [0.5, 0.6) is 0 Å².